The lowest BCUT2D eigenvalue weighted by Gasteiger charge is -2.01. The predicted molar refractivity (Wildman–Crippen MR) is 65.3 cm³/mol. The molecule has 0 aliphatic rings. The van der Waals surface area contributed by atoms with Gasteiger partial charge in [-0.25, -0.2) is 4.79 Å². The van der Waals surface area contributed by atoms with Crippen LogP contribution in [0.4, 0.5) is 0 Å². The molecule has 0 saturated heterocycles. The summed E-state index contributed by atoms with van der Waals surface area (Å²) >= 11 is 1.70. The maximum atomic E-state index is 11.2. The van der Waals surface area contributed by atoms with E-state index < -0.39 is 0 Å². The number of furan rings is 1. The highest BCUT2D eigenvalue weighted by Crippen LogP contribution is 2.14. The lowest BCUT2D eigenvalue weighted by atomic mass is 10.2. The minimum Gasteiger partial charge on any atom is -0.468 e. The molecule has 0 fully saturated rings. The fourth-order valence-electron chi connectivity index (χ4n) is 1.22. The van der Waals surface area contributed by atoms with Gasteiger partial charge in [-0.05, 0) is 18.6 Å². The molecule has 1 heterocycles. The standard InChI is InChI=1S/C12H16O3S/c1-3-10(12(13)14-2)6-8-16-9-11-5-4-7-15-11/h4-7H,3,8-9H2,1-2H3. The van der Waals surface area contributed by atoms with Crippen LogP contribution in [0, 0.1) is 0 Å². The van der Waals surface area contributed by atoms with E-state index in [1.165, 1.54) is 7.11 Å². The molecular formula is C12H16O3S. The van der Waals surface area contributed by atoms with Gasteiger partial charge in [0.05, 0.1) is 19.1 Å². The molecule has 0 amide bonds. The van der Waals surface area contributed by atoms with E-state index in [2.05, 4.69) is 4.74 Å². The fraction of sp³-hybridized carbons (Fsp3) is 0.417. The SMILES string of the molecule is CCC(=CCSCc1ccco1)C(=O)OC. The molecular weight excluding hydrogens is 224 g/mol. The lowest BCUT2D eigenvalue weighted by molar-refractivity contribution is -0.136. The molecule has 0 unspecified atom stereocenters. The first kappa shape index (κ1) is 12.9. The number of ether oxygens (including phenoxy) is 1. The molecule has 1 aromatic heterocycles. The molecule has 0 aliphatic carbocycles. The van der Waals surface area contributed by atoms with Gasteiger partial charge in [0.25, 0.3) is 0 Å². The normalized spacial score (nSPS) is 11.5. The molecule has 1 rings (SSSR count). The Labute approximate surface area is 99.9 Å². The smallest absolute Gasteiger partial charge is 0.333 e. The summed E-state index contributed by atoms with van der Waals surface area (Å²) in [4.78, 5) is 11.2. The lowest BCUT2D eigenvalue weighted by Crippen LogP contribution is -2.04. The Morgan fingerprint density at radius 1 is 1.62 bits per heavy atom. The maximum Gasteiger partial charge on any atom is 0.333 e. The first-order valence-corrected chi connectivity index (χ1v) is 6.30. The van der Waals surface area contributed by atoms with Crippen LogP contribution < -0.4 is 0 Å². The maximum absolute atomic E-state index is 11.2. The summed E-state index contributed by atoms with van der Waals surface area (Å²) in [7, 11) is 1.40. The minimum absolute atomic E-state index is 0.235. The first-order chi connectivity index (χ1) is 7.77. The first-order valence-electron chi connectivity index (χ1n) is 5.15. The second-order valence-electron chi connectivity index (χ2n) is 3.17. The third-order valence-corrected chi connectivity index (χ3v) is 2.99. The molecule has 0 aliphatic heterocycles. The van der Waals surface area contributed by atoms with E-state index in [0.717, 1.165) is 22.8 Å². The highest BCUT2D eigenvalue weighted by molar-refractivity contribution is 7.98. The van der Waals surface area contributed by atoms with Crippen molar-refractivity contribution in [3.63, 3.8) is 0 Å². The van der Waals surface area contributed by atoms with Crippen LogP contribution in [-0.4, -0.2) is 18.8 Å². The number of carbonyl (C=O) groups is 1. The molecule has 3 nitrogen and oxygen atoms in total. The van der Waals surface area contributed by atoms with E-state index >= 15 is 0 Å². The van der Waals surface area contributed by atoms with Crippen LogP contribution in [0.25, 0.3) is 0 Å². The zero-order valence-electron chi connectivity index (χ0n) is 9.56. The van der Waals surface area contributed by atoms with Crippen LogP contribution in [0.15, 0.2) is 34.5 Å². The van der Waals surface area contributed by atoms with Crippen LogP contribution in [-0.2, 0) is 15.3 Å². The van der Waals surface area contributed by atoms with Crippen molar-refractivity contribution in [1.29, 1.82) is 0 Å². The number of thioether (sulfide) groups is 1. The van der Waals surface area contributed by atoms with Crippen LogP contribution in [0.3, 0.4) is 0 Å². The number of hydrogen-bond acceptors (Lipinski definition) is 4. The van der Waals surface area contributed by atoms with Gasteiger partial charge in [0.15, 0.2) is 0 Å². The van der Waals surface area contributed by atoms with Crippen molar-refractivity contribution < 1.29 is 13.9 Å². The molecule has 0 radical (unpaired) electrons. The average molecular weight is 240 g/mol. The largest absolute Gasteiger partial charge is 0.468 e. The van der Waals surface area contributed by atoms with Gasteiger partial charge in [-0.2, -0.15) is 0 Å². The number of methoxy groups -OCH3 is 1. The van der Waals surface area contributed by atoms with Crippen LogP contribution in [0.5, 0.6) is 0 Å². The molecule has 4 heteroatoms. The Hall–Kier alpha value is -1.16. The second kappa shape index (κ2) is 7.17. The van der Waals surface area contributed by atoms with E-state index in [-0.39, 0.29) is 5.97 Å². The van der Waals surface area contributed by atoms with Gasteiger partial charge in [0.2, 0.25) is 0 Å². The summed E-state index contributed by atoms with van der Waals surface area (Å²) in [6.07, 6.45) is 4.28. The summed E-state index contributed by atoms with van der Waals surface area (Å²) in [5.74, 6) is 2.33. The van der Waals surface area contributed by atoms with Crippen molar-refractivity contribution in [3.8, 4) is 0 Å². The predicted octanol–water partition coefficient (Wildman–Crippen LogP) is 3.02. The van der Waals surface area contributed by atoms with E-state index in [0.29, 0.717) is 6.42 Å². The third kappa shape index (κ3) is 4.14. The minimum atomic E-state index is -0.235. The van der Waals surface area contributed by atoms with Gasteiger partial charge in [0, 0.05) is 11.3 Å². The highest BCUT2D eigenvalue weighted by Gasteiger charge is 2.05. The van der Waals surface area contributed by atoms with Crippen molar-refractivity contribution in [1.82, 2.24) is 0 Å². The van der Waals surface area contributed by atoms with Gasteiger partial charge >= 0.3 is 5.97 Å². The summed E-state index contributed by atoms with van der Waals surface area (Å²) in [5, 5.41) is 0. The highest BCUT2D eigenvalue weighted by atomic mass is 32.2. The summed E-state index contributed by atoms with van der Waals surface area (Å²) in [6, 6.07) is 3.81. The fourth-order valence-corrected chi connectivity index (χ4v) is 2.02. The zero-order chi connectivity index (χ0) is 11.8. The Balaban J connectivity index is 2.32. The van der Waals surface area contributed by atoms with Gasteiger partial charge in [-0.15, -0.1) is 11.8 Å². The number of esters is 1. The molecule has 0 saturated carbocycles. The van der Waals surface area contributed by atoms with Crippen molar-refractivity contribution in [3.05, 3.63) is 35.8 Å². The summed E-state index contributed by atoms with van der Waals surface area (Å²) < 4.78 is 9.87. The summed E-state index contributed by atoms with van der Waals surface area (Å²) in [6.45, 7) is 1.94. The van der Waals surface area contributed by atoms with Gasteiger partial charge < -0.3 is 9.15 Å². The Kier molecular flexibility index (Phi) is 5.78. The molecule has 0 spiro atoms. The van der Waals surface area contributed by atoms with E-state index in [1.54, 1.807) is 18.0 Å². The van der Waals surface area contributed by atoms with Crippen molar-refractivity contribution >= 4 is 17.7 Å². The van der Waals surface area contributed by atoms with Crippen molar-refractivity contribution in [2.24, 2.45) is 0 Å². The Morgan fingerprint density at radius 3 is 3.00 bits per heavy atom. The molecule has 88 valence electrons. The van der Waals surface area contributed by atoms with Crippen LogP contribution in [0.2, 0.25) is 0 Å². The molecule has 16 heavy (non-hydrogen) atoms. The monoisotopic (exact) mass is 240 g/mol. The second-order valence-corrected chi connectivity index (χ2v) is 4.20. The Bertz CT molecular complexity index is 341. The molecule has 0 aromatic carbocycles. The van der Waals surface area contributed by atoms with Crippen LogP contribution >= 0.6 is 11.8 Å². The molecule has 0 bridgehead atoms. The molecule has 1 aromatic rings. The molecule has 0 N–H and O–H groups in total. The van der Waals surface area contributed by atoms with Gasteiger partial charge in [-0.1, -0.05) is 13.0 Å². The number of rotatable bonds is 6. The quantitative estimate of drug-likeness (QED) is 0.435. The zero-order valence-corrected chi connectivity index (χ0v) is 10.4. The third-order valence-electron chi connectivity index (χ3n) is 2.10. The average Bonchev–Trinajstić information content (AvgIpc) is 2.81. The molecule has 0 atom stereocenters. The Morgan fingerprint density at radius 2 is 2.44 bits per heavy atom. The summed E-state index contributed by atoms with van der Waals surface area (Å²) in [5.41, 5.74) is 0.731. The van der Waals surface area contributed by atoms with Crippen molar-refractivity contribution in [2.45, 2.75) is 19.1 Å². The number of carbonyl (C=O) groups excluding carboxylic acids is 1. The number of hydrogen-bond donors (Lipinski definition) is 0. The van der Waals surface area contributed by atoms with Gasteiger partial charge in [0.1, 0.15) is 5.76 Å². The van der Waals surface area contributed by atoms with Crippen molar-refractivity contribution in [2.75, 3.05) is 12.9 Å². The van der Waals surface area contributed by atoms with E-state index in [9.17, 15) is 4.79 Å². The van der Waals surface area contributed by atoms with E-state index in [4.69, 9.17) is 4.42 Å². The van der Waals surface area contributed by atoms with Gasteiger partial charge in [-0.3, -0.25) is 0 Å². The van der Waals surface area contributed by atoms with E-state index in [1.807, 2.05) is 25.1 Å². The van der Waals surface area contributed by atoms with Crippen LogP contribution in [0.1, 0.15) is 19.1 Å². The topological polar surface area (TPSA) is 39.4 Å².